The maximum absolute atomic E-state index is 12.3. The number of carbonyl (C=O) groups is 3. The minimum Gasteiger partial charge on any atom is -0.478 e. The van der Waals surface area contributed by atoms with Gasteiger partial charge in [0.2, 0.25) is 11.8 Å². The Bertz CT molecular complexity index is 1040. The van der Waals surface area contributed by atoms with Gasteiger partial charge in [0.15, 0.2) is 0 Å². The molecule has 1 aliphatic heterocycles. The molecule has 1 saturated heterocycles. The number of fused-ring (bicyclic) bond motifs is 1. The molecule has 178 valence electrons. The minimum absolute atomic E-state index is 0.0247. The first-order chi connectivity index (χ1) is 15.6. The molecule has 0 aliphatic carbocycles. The maximum atomic E-state index is 12.3. The lowest BCUT2D eigenvalue weighted by Gasteiger charge is -2.35. The van der Waals surface area contributed by atoms with Crippen LogP contribution in [0.3, 0.4) is 0 Å². The predicted octanol–water partition coefficient (Wildman–Crippen LogP) is 2.57. The molecule has 0 spiro atoms. The van der Waals surface area contributed by atoms with Crippen LogP contribution in [0, 0.1) is 5.41 Å². The second kappa shape index (κ2) is 10.2. The summed E-state index contributed by atoms with van der Waals surface area (Å²) < 4.78 is 0. The van der Waals surface area contributed by atoms with Gasteiger partial charge in [0.25, 0.3) is 0 Å². The lowest BCUT2D eigenvalue weighted by molar-refractivity contribution is -0.123. The highest BCUT2D eigenvalue weighted by molar-refractivity contribution is 6.05. The SMILES string of the molecule is CCCNC(=O)CN1CCN(c2cc(C(=O)O)c3cc(NC(=O)C(C)(C)C)ccc3n2)CC1. The number of nitrogens with zero attached hydrogens (tertiary/aromatic N) is 3. The molecule has 2 aromatic rings. The summed E-state index contributed by atoms with van der Waals surface area (Å²) in [5.41, 5.74) is 0.670. The molecule has 1 aliphatic rings. The van der Waals surface area contributed by atoms with E-state index >= 15 is 0 Å². The molecule has 0 atom stereocenters. The Balaban J connectivity index is 1.77. The number of rotatable bonds is 7. The first kappa shape index (κ1) is 24.4. The Kier molecular flexibility index (Phi) is 7.53. The number of hydrogen-bond donors (Lipinski definition) is 3. The van der Waals surface area contributed by atoms with E-state index in [1.807, 2.05) is 32.6 Å². The smallest absolute Gasteiger partial charge is 0.336 e. The van der Waals surface area contributed by atoms with Crippen molar-refractivity contribution in [1.82, 2.24) is 15.2 Å². The molecule has 3 N–H and O–H groups in total. The lowest BCUT2D eigenvalue weighted by atomic mass is 9.95. The molecule has 2 amide bonds. The van der Waals surface area contributed by atoms with Crippen LogP contribution >= 0.6 is 0 Å². The fourth-order valence-electron chi connectivity index (χ4n) is 3.61. The molecule has 33 heavy (non-hydrogen) atoms. The summed E-state index contributed by atoms with van der Waals surface area (Å²) in [5, 5.41) is 16.0. The molecular weight excluding hydrogens is 422 g/mol. The van der Waals surface area contributed by atoms with Crippen molar-refractivity contribution in [2.45, 2.75) is 34.1 Å². The number of amides is 2. The molecule has 9 nitrogen and oxygen atoms in total. The van der Waals surface area contributed by atoms with E-state index in [-0.39, 0.29) is 17.4 Å². The van der Waals surface area contributed by atoms with E-state index in [1.54, 1.807) is 24.3 Å². The molecule has 1 aromatic heterocycles. The molecule has 1 fully saturated rings. The number of carboxylic acids is 1. The predicted molar refractivity (Wildman–Crippen MR) is 129 cm³/mol. The van der Waals surface area contributed by atoms with E-state index in [0.29, 0.717) is 61.7 Å². The molecule has 9 heteroatoms. The van der Waals surface area contributed by atoms with Gasteiger partial charge in [0.05, 0.1) is 17.6 Å². The van der Waals surface area contributed by atoms with E-state index in [4.69, 9.17) is 0 Å². The van der Waals surface area contributed by atoms with E-state index in [2.05, 4.69) is 20.5 Å². The van der Waals surface area contributed by atoms with Crippen molar-refractivity contribution >= 4 is 40.2 Å². The molecule has 0 saturated carbocycles. The zero-order chi connectivity index (χ0) is 24.2. The Morgan fingerprint density at radius 3 is 2.39 bits per heavy atom. The van der Waals surface area contributed by atoms with E-state index < -0.39 is 11.4 Å². The van der Waals surface area contributed by atoms with Crippen LogP contribution in [-0.2, 0) is 9.59 Å². The summed E-state index contributed by atoms with van der Waals surface area (Å²) in [5.74, 6) is -0.572. The maximum Gasteiger partial charge on any atom is 0.336 e. The Morgan fingerprint density at radius 2 is 1.79 bits per heavy atom. The van der Waals surface area contributed by atoms with Gasteiger partial charge in [-0.1, -0.05) is 27.7 Å². The van der Waals surface area contributed by atoms with Gasteiger partial charge >= 0.3 is 5.97 Å². The van der Waals surface area contributed by atoms with Gasteiger partial charge in [0.1, 0.15) is 5.82 Å². The third-order valence-corrected chi connectivity index (χ3v) is 5.60. The first-order valence-corrected chi connectivity index (χ1v) is 11.3. The average molecular weight is 456 g/mol. The van der Waals surface area contributed by atoms with Gasteiger partial charge in [-0.15, -0.1) is 0 Å². The summed E-state index contributed by atoms with van der Waals surface area (Å²) in [4.78, 5) is 45.1. The van der Waals surface area contributed by atoms with Crippen LogP contribution in [0.2, 0.25) is 0 Å². The molecule has 0 bridgehead atoms. The van der Waals surface area contributed by atoms with Crippen molar-refractivity contribution in [1.29, 1.82) is 0 Å². The number of anilines is 2. The van der Waals surface area contributed by atoms with Crippen molar-refractivity contribution in [3.63, 3.8) is 0 Å². The summed E-state index contributed by atoms with van der Waals surface area (Å²) in [6.45, 7) is 11.2. The molecule has 3 rings (SSSR count). The number of aromatic carboxylic acids is 1. The Hall–Kier alpha value is -3.20. The lowest BCUT2D eigenvalue weighted by Crippen LogP contribution is -2.49. The molecule has 2 heterocycles. The van der Waals surface area contributed by atoms with Gasteiger partial charge in [-0.2, -0.15) is 0 Å². The van der Waals surface area contributed by atoms with Crippen LogP contribution in [0.5, 0.6) is 0 Å². The van der Waals surface area contributed by atoms with Crippen molar-refractivity contribution in [3.05, 3.63) is 29.8 Å². The van der Waals surface area contributed by atoms with Crippen molar-refractivity contribution in [2.24, 2.45) is 5.41 Å². The van der Waals surface area contributed by atoms with E-state index in [0.717, 1.165) is 6.42 Å². The van der Waals surface area contributed by atoms with Crippen molar-refractivity contribution in [3.8, 4) is 0 Å². The van der Waals surface area contributed by atoms with Gasteiger partial charge in [-0.05, 0) is 30.7 Å². The second-order valence-corrected chi connectivity index (χ2v) is 9.38. The topological polar surface area (TPSA) is 115 Å². The Morgan fingerprint density at radius 1 is 1.09 bits per heavy atom. The average Bonchev–Trinajstić information content (AvgIpc) is 2.76. The van der Waals surface area contributed by atoms with Gasteiger partial charge in [-0.3, -0.25) is 14.5 Å². The van der Waals surface area contributed by atoms with Crippen LogP contribution in [0.15, 0.2) is 24.3 Å². The second-order valence-electron chi connectivity index (χ2n) is 9.38. The van der Waals surface area contributed by atoms with E-state index in [1.165, 1.54) is 0 Å². The van der Waals surface area contributed by atoms with Crippen LogP contribution in [0.1, 0.15) is 44.5 Å². The fourth-order valence-corrected chi connectivity index (χ4v) is 3.61. The van der Waals surface area contributed by atoms with Gasteiger partial charge < -0.3 is 20.6 Å². The molecule has 0 radical (unpaired) electrons. The van der Waals surface area contributed by atoms with Crippen LogP contribution < -0.4 is 15.5 Å². The molecule has 0 unspecified atom stereocenters. The highest BCUT2D eigenvalue weighted by Gasteiger charge is 2.24. The summed E-state index contributed by atoms with van der Waals surface area (Å²) in [6.07, 6.45) is 0.906. The number of pyridine rings is 1. The first-order valence-electron chi connectivity index (χ1n) is 11.3. The zero-order valence-corrected chi connectivity index (χ0v) is 19.8. The highest BCUT2D eigenvalue weighted by atomic mass is 16.4. The van der Waals surface area contributed by atoms with Crippen molar-refractivity contribution < 1.29 is 19.5 Å². The quantitative estimate of drug-likeness (QED) is 0.588. The van der Waals surface area contributed by atoms with Crippen LogP contribution in [-0.4, -0.2) is 72.0 Å². The number of piperazine rings is 1. The summed E-state index contributed by atoms with van der Waals surface area (Å²) in [7, 11) is 0. The molecular formula is C24H33N5O4. The van der Waals surface area contributed by atoms with Gasteiger partial charge in [-0.25, -0.2) is 9.78 Å². The molecule has 1 aromatic carbocycles. The van der Waals surface area contributed by atoms with E-state index in [9.17, 15) is 19.5 Å². The largest absolute Gasteiger partial charge is 0.478 e. The normalized spacial score (nSPS) is 14.8. The minimum atomic E-state index is -1.05. The standard InChI is InChI=1S/C24H33N5O4/c1-5-8-25-21(30)15-28-9-11-29(12-10-28)20-14-18(22(31)32)17-13-16(6-7-19(17)27-20)26-23(33)24(2,3)4/h6-7,13-14H,5,8-12,15H2,1-4H3,(H,25,30)(H,26,33)(H,31,32). The van der Waals surface area contributed by atoms with Gasteiger partial charge in [0, 0.05) is 49.2 Å². The number of benzene rings is 1. The summed E-state index contributed by atoms with van der Waals surface area (Å²) in [6, 6.07) is 6.72. The highest BCUT2D eigenvalue weighted by Crippen LogP contribution is 2.27. The number of carboxylic acid groups (broad SMARTS) is 1. The number of aromatic nitrogens is 1. The Labute approximate surface area is 194 Å². The number of hydrogen-bond acceptors (Lipinski definition) is 6. The third-order valence-electron chi connectivity index (χ3n) is 5.60. The number of nitrogens with one attached hydrogen (secondary N) is 2. The van der Waals surface area contributed by atoms with Crippen molar-refractivity contribution in [2.75, 3.05) is 49.5 Å². The third kappa shape index (κ3) is 6.19. The monoisotopic (exact) mass is 455 g/mol. The fraction of sp³-hybridized carbons (Fsp3) is 0.500. The number of carbonyl (C=O) groups excluding carboxylic acids is 2. The van der Waals surface area contributed by atoms with Crippen LogP contribution in [0.25, 0.3) is 10.9 Å². The van der Waals surface area contributed by atoms with Crippen LogP contribution in [0.4, 0.5) is 11.5 Å². The summed E-state index contributed by atoms with van der Waals surface area (Å²) >= 11 is 0. The zero-order valence-electron chi connectivity index (χ0n) is 19.8.